The van der Waals surface area contributed by atoms with E-state index in [0.717, 1.165) is 38.9 Å². The Kier molecular flexibility index (Phi) is 7.40. The van der Waals surface area contributed by atoms with Crippen molar-refractivity contribution < 1.29 is 24.2 Å². The molecule has 0 aliphatic carbocycles. The highest BCUT2D eigenvalue weighted by Gasteiger charge is 2.14. The maximum absolute atomic E-state index is 12.0. The first-order valence-corrected chi connectivity index (χ1v) is 8.52. The van der Waals surface area contributed by atoms with E-state index in [2.05, 4.69) is 10.6 Å². The summed E-state index contributed by atoms with van der Waals surface area (Å²) in [7, 11) is 0. The molecule has 3 N–H and O–H groups in total. The molecule has 7 heteroatoms. The maximum Gasteiger partial charge on any atom is 0.322 e. The summed E-state index contributed by atoms with van der Waals surface area (Å²) in [6, 6.07) is 6.36. The zero-order chi connectivity index (χ0) is 18.1. The predicted molar refractivity (Wildman–Crippen MR) is 92.4 cm³/mol. The van der Waals surface area contributed by atoms with Crippen LogP contribution in [0.3, 0.4) is 0 Å². The van der Waals surface area contributed by atoms with Crippen molar-refractivity contribution in [3.05, 3.63) is 29.8 Å². The van der Waals surface area contributed by atoms with Gasteiger partial charge in [0.1, 0.15) is 6.54 Å². The minimum Gasteiger partial charge on any atom is -0.480 e. The molecule has 1 aromatic rings. The van der Waals surface area contributed by atoms with E-state index in [1.54, 1.807) is 24.3 Å². The Morgan fingerprint density at radius 3 is 2.44 bits per heavy atom. The van der Waals surface area contributed by atoms with E-state index >= 15 is 0 Å². The highest BCUT2D eigenvalue weighted by atomic mass is 16.5. The van der Waals surface area contributed by atoms with Gasteiger partial charge in [0.15, 0.2) is 0 Å². The van der Waals surface area contributed by atoms with Crippen LogP contribution in [0.4, 0.5) is 5.69 Å². The Labute approximate surface area is 146 Å². The molecule has 136 valence electrons. The molecule has 0 bridgehead atoms. The Hall–Kier alpha value is -2.41. The number of carbonyl (C=O) groups is 3. The number of carboxylic acids is 1. The fraction of sp³-hybridized carbons (Fsp3) is 0.500. The van der Waals surface area contributed by atoms with E-state index in [0.29, 0.717) is 23.6 Å². The lowest BCUT2D eigenvalue weighted by Gasteiger charge is -2.21. The molecule has 1 saturated heterocycles. The zero-order valence-corrected chi connectivity index (χ0v) is 14.1. The molecule has 2 amide bonds. The summed E-state index contributed by atoms with van der Waals surface area (Å²) in [5.41, 5.74) is 0.963. The number of anilines is 1. The number of nitrogens with one attached hydrogen (secondary N) is 2. The monoisotopic (exact) mass is 348 g/mol. The molecule has 1 fully saturated rings. The largest absolute Gasteiger partial charge is 0.480 e. The van der Waals surface area contributed by atoms with E-state index in [1.807, 2.05) is 0 Å². The molecule has 0 radical (unpaired) electrons. The minimum absolute atomic E-state index is 0.0462. The van der Waals surface area contributed by atoms with E-state index < -0.39 is 18.4 Å². The Morgan fingerprint density at radius 2 is 1.80 bits per heavy atom. The normalized spacial score (nSPS) is 14.7. The van der Waals surface area contributed by atoms with Crippen LogP contribution in [0.2, 0.25) is 0 Å². The molecule has 25 heavy (non-hydrogen) atoms. The smallest absolute Gasteiger partial charge is 0.322 e. The van der Waals surface area contributed by atoms with Gasteiger partial charge in [-0.2, -0.15) is 0 Å². The highest BCUT2D eigenvalue weighted by molar-refractivity contribution is 5.97. The van der Waals surface area contributed by atoms with Gasteiger partial charge in [0.2, 0.25) is 5.91 Å². The molecular weight excluding hydrogens is 324 g/mol. The molecule has 0 saturated carbocycles. The van der Waals surface area contributed by atoms with Gasteiger partial charge in [-0.25, -0.2) is 0 Å². The fourth-order valence-electron chi connectivity index (χ4n) is 2.77. The third kappa shape index (κ3) is 6.93. The number of ether oxygens (including phenoxy) is 1. The number of amides is 2. The maximum atomic E-state index is 12.0. The van der Waals surface area contributed by atoms with Gasteiger partial charge in [0.25, 0.3) is 5.91 Å². The third-order valence-electron chi connectivity index (χ3n) is 4.19. The first kappa shape index (κ1) is 18.9. The molecule has 1 aliphatic rings. The third-order valence-corrected chi connectivity index (χ3v) is 4.19. The summed E-state index contributed by atoms with van der Waals surface area (Å²) < 4.78 is 5.32. The lowest BCUT2D eigenvalue weighted by Crippen LogP contribution is -2.29. The van der Waals surface area contributed by atoms with Crippen LogP contribution >= 0.6 is 0 Å². The summed E-state index contributed by atoms with van der Waals surface area (Å²) in [5.74, 6) is -0.949. The second-order valence-corrected chi connectivity index (χ2v) is 6.15. The van der Waals surface area contributed by atoms with Gasteiger partial charge in [0, 0.05) is 30.9 Å². The van der Waals surface area contributed by atoms with E-state index in [1.165, 1.54) is 0 Å². The summed E-state index contributed by atoms with van der Waals surface area (Å²) in [5, 5.41) is 13.6. The summed E-state index contributed by atoms with van der Waals surface area (Å²) in [6.07, 6.45) is 4.52. The topological polar surface area (TPSA) is 105 Å². The van der Waals surface area contributed by atoms with Crippen LogP contribution in [-0.2, 0) is 14.3 Å². The highest BCUT2D eigenvalue weighted by Crippen LogP contribution is 2.21. The van der Waals surface area contributed by atoms with Gasteiger partial charge in [-0.05, 0) is 55.9 Å². The summed E-state index contributed by atoms with van der Waals surface area (Å²) in [4.78, 5) is 34.1. The van der Waals surface area contributed by atoms with Crippen molar-refractivity contribution >= 4 is 23.5 Å². The van der Waals surface area contributed by atoms with Gasteiger partial charge < -0.3 is 20.5 Å². The second kappa shape index (κ2) is 9.78. The van der Waals surface area contributed by atoms with E-state index in [9.17, 15) is 14.4 Å². The first-order chi connectivity index (χ1) is 12.0. The summed E-state index contributed by atoms with van der Waals surface area (Å²) in [6.45, 7) is 1.22. The zero-order valence-electron chi connectivity index (χ0n) is 14.1. The molecule has 1 aromatic carbocycles. The molecule has 2 rings (SSSR count). The number of hydrogen-bond donors (Lipinski definition) is 3. The van der Waals surface area contributed by atoms with Gasteiger partial charge in [-0.3, -0.25) is 14.4 Å². The van der Waals surface area contributed by atoms with Gasteiger partial charge in [-0.15, -0.1) is 0 Å². The van der Waals surface area contributed by atoms with Crippen molar-refractivity contribution in [1.29, 1.82) is 0 Å². The quantitative estimate of drug-likeness (QED) is 0.667. The van der Waals surface area contributed by atoms with Crippen molar-refractivity contribution in [1.82, 2.24) is 5.32 Å². The first-order valence-electron chi connectivity index (χ1n) is 8.52. The van der Waals surface area contributed by atoms with Crippen molar-refractivity contribution in [2.75, 3.05) is 25.1 Å². The van der Waals surface area contributed by atoms with Crippen LogP contribution in [0.15, 0.2) is 24.3 Å². The molecule has 1 aliphatic heterocycles. The standard InChI is InChI=1S/C18H24N2O5/c21-16(3-1-2-13-8-10-25-11-9-13)20-15-6-4-14(5-7-15)18(24)19-12-17(22)23/h4-7,13H,1-3,8-12H2,(H,19,24)(H,20,21)(H,22,23). The summed E-state index contributed by atoms with van der Waals surface area (Å²) >= 11 is 0. The SMILES string of the molecule is O=C(O)CNC(=O)c1ccc(NC(=O)CCCC2CCOCC2)cc1. The molecule has 0 atom stereocenters. The Bertz CT molecular complexity index is 594. The van der Waals surface area contributed by atoms with Crippen LogP contribution in [0.5, 0.6) is 0 Å². The van der Waals surface area contributed by atoms with Crippen LogP contribution < -0.4 is 10.6 Å². The number of aliphatic carboxylic acids is 1. The van der Waals surface area contributed by atoms with Crippen molar-refractivity contribution in [2.24, 2.45) is 5.92 Å². The van der Waals surface area contributed by atoms with Gasteiger partial charge in [0.05, 0.1) is 0 Å². The van der Waals surface area contributed by atoms with Gasteiger partial charge in [-0.1, -0.05) is 0 Å². The molecule has 0 spiro atoms. The van der Waals surface area contributed by atoms with Crippen molar-refractivity contribution in [3.8, 4) is 0 Å². The average Bonchev–Trinajstić information content (AvgIpc) is 2.61. The number of carboxylic acid groups (broad SMARTS) is 1. The second-order valence-electron chi connectivity index (χ2n) is 6.15. The molecule has 0 unspecified atom stereocenters. The lowest BCUT2D eigenvalue weighted by molar-refractivity contribution is -0.135. The average molecular weight is 348 g/mol. The van der Waals surface area contributed by atoms with Crippen LogP contribution in [0.25, 0.3) is 0 Å². The van der Waals surface area contributed by atoms with E-state index in [-0.39, 0.29) is 5.91 Å². The predicted octanol–water partition coefficient (Wildman–Crippen LogP) is 2.04. The van der Waals surface area contributed by atoms with Crippen molar-refractivity contribution in [2.45, 2.75) is 32.1 Å². The van der Waals surface area contributed by atoms with E-state index in [4.69, 9.17) is 9.84 Å². The molecule has 7 nitrogen and oxygen atoms in total. The van der Waals surface area contributed by atoms with Crippen LogP contribution in [0, 0.1) is 5.92 Å². The van der Waals surface area contributed by atoms with Crippen LogP contribution in [0.1, 0.15) is 42.5 Å². The molecule has 0 aromatic heterocycles. The lowest BCUT2D eigenvalue weighted by atomic mass is 9.94. The Morgan fingerprint density at radius 1 is 1.12 bits per heavy atom. The number of benzene rings is 1. The van der Waals surface area contributed by atoms with Crippen molar-refractivity contribution in [3.63, 3.8) is 0 Å². The van der Waals surface area contributed by atoms with Gasteiger partial charge >= 0.3 is 5.97 Å². The minimum atomic E-state index is -1.10. The number of carbonyl (C=O) groups excluding carboxylic acids is 2. The Balaban J connectivity index is 1.71. The fourth-order valence-corrected chi connectivity index (χ4v) is 2.77. The number of rotatable bonds is 8. The van der Waals surface area contributed by atoms with Crippen LogP contribution in [-0.4, -0.2) is 42.6 Å². The molecular formula is C18H24N2O5. The molecule has 1 heterocycles. The number of hydrogen-bond acceptors (Lipinski definition) is 4.